The summed E-state index contributed by atoms with van der Waals surface area (Å²) in [6.07, 6.45) is 0.258. The molecule has 0 radical (unpaired) electrons. The number of hydrogen-bond donors (Lipinski definition) is 2. The zero-order chi connectivity index (χ0) is 26.4. The van der Waals surface area contributed by atoms with Crippen molar-refractivity contribution in [1.82, 2.24) is 9.78 Å². The molecule has 0 aliphatic carbocycles. The Bertz CT molecular complexity index is 1390. The molecule has 0 aliphatic rings. The predicted molar refractivity (Wildman–Crippen MR) is 141 cm³/mol. The number of carboxylic acid groups (broad SMARTS) is 1. The van der Waals surface area contributed by atoms with Crippen LogP contribution < -0.4 is 4.74 Å². The molecule has 37 heavy (non-hydrogen) atoms. The summed E-state index contributed by atoms with van der Waals surface area (Å²) < 4.78 is 21.9. The number of hydrogen-bond acceptors (Lipinski definition) is 4. The second kappa shape index (κ2) is 12.0. The van der Waals surface area contributed by atoms with Crippen molar-refractivity contribution in [3.05, 3.63) is 94.8 Å². The number of aliphatic hydroxyl groups is 1. The Morgan fingerprint density at radius 1 is 1.08 bits per heavy atom. The van der Waals surface area contributed by atoms with E-state index in [-0.39, 0.29) is 25.4 Å². The number of ether oxygens (including phenoxy) is 1. The summed E-state index contributed by atoms with van der Waals surface area (Å²) in [4.78, 5) is 11.1. The lowest BCUT2D eigenvalue weighted by Gasteiger charge is -2.13. The minimum atomic E-state index is -0.881. The van der Waals surface area contributed by atoms with Crippen molar-refractivity contribution in [2.24, 2.45) is 0 Å². The van der Waals surface area contributed by atoms with E-state index >= 15 is 0 Å². The van der Waals surface area contributed by atoms with E-state index in [0.29, 0.717) is 46.1 Å². The lowest BCUT2D eigenvalue weighted by Crippen LogP contribution is -2.16. The number of aromatic nitrogens is 2. The van der Waals surface area contributed by atoms with Crippen molar-refractivity contribution < 1.29 is 24.1 Å². The number of aliphatic carboxylic acids is 1. The van der Waals surface area contributed by atoms with Crippen LogP contribution >= 0.6 is 11.6 Å². The van der Waals surface area contributed by atoms with Crippen LogP contribution in [0.5, 0.6) is 5.75 Å². The molecule has 0 saturated heterocycles. The first kappa shape index (κ1) is 26.4. The fourth-order valence-corrected chi connectivity index (χ4v) is 4.21. The summed E-state index contributed by atoms with van der Waals surface area (Å²) in [5.74, 6) is -0.691. The summed E-state index contributed by atoms with van der Waals surface area (Å²) in [6, 6.07) is 20.9. The molecule has 4 rings (SSSR count). The normalized spacial score (nSPS) is 11.9. The molecule has 0 bridgehead atoms. The minimum Gasteiger partial charge on any atom is -0.488 e. The van der Waals surface area contributed by atoms with E-state index in [4.69, 9.17) is 26.5 Å². The lowest BCUT2D eigenvalue weighted by molar-refractivity contribution is -0.136. The van der Waals surface area contributed by atoms with Gasteiger partial charge in [0, 0.05) is 22.6 Å². The van der Waals surface area contributed by atoms with Gasteiger partial charge in [0.2, 0.25) is 0 Å². The van der Waals surface area contributed by atoms with Crippen LogP contribution in [-0.4, -0.2) is 32.1 Å². The molecule has 0 unspecified atom stereocenters. The molecule has 1 aromatic heterocycles. The third-order valence-electron chi connectivity index (χ3n) is 5.99. The van der Waals surface area contributed by atoms with E-state index in [0.717, 1.165) is 11.1 Å². The SMILES string of the molecule is CC[C@@H](O)Cn1nc(-c2cc(CCC(=O)O)ccc2OCc2cccc(Cl)c2)cc1-c1cccc(F)c1. The first-order chi connectivity index (χ1) is 17.8. The highest BCUT2D eigenvalue weighted by atomic mass is 35.5. The van der Waals surface area contributed by atoms with Crippen LogP contribution in [0.1, 0.15) is 30.9 Å². The fraction of sp³-hybridized carbons (Fsp3) is 0.241. The average molecular weight is 523 g/mol. The molecule has 1 atom stereocenters. The molecule has 0 aliphatic heterocycles. The van der Waals surface area contributed by atoms with Crippen LogP contribution in [0.15, 0.2) is 72.8 Å². The van der Waals surface area contributed by atoms with E-state index in [1.807, 2.05) is 43.3 Å². The zero-order valence-electron chi connectivity index (χ0n) is 20.4. The molecule has 0 saturated carbocycles. The number of halogens is 2. The Morgan fingerprint density at radius 2 is 1.89 bits per heavy atom. The first-order valence-electron chi connectivity index (χ1n) is 12.1. The molecule has 2 N–H and O–H groups in total. The van der Waals surface area contributed by atoms with Gasteiger partial charge in [0.05, 0.1) is 24.0 Å². The summed E-state index contributed by atoms with van der Waals surface area (Å²) in [7, 11) is 0. The van der Waals surface area contributed by atoms with Gasteiger partial charge in [-0.2, -0.15) is 5.10 Å². The highest BCUT2D eigenvalue weighted by Gasteiger charge is 2.18. The molecule has 8 heteroatoms. The van der Waals surface area contributed by atoms with Crippen molar-refractivity contribution in [3.63, 3.8) is 0 Å². The first-order valence-corrected chi connectivity index (χ1v) is 12.4. The van der Waals surface area contributed by atoms with Gasteiger partial charge in [-0.05, 0) is 66.4 Å². The van der Waals surface area contributed by atoms with Crippen molar-refractivity contribution in [2.75, 3.05) is 0 Å². The van der Waals surface area contributed by atoms with Crippen LogP contribution in [0.4, 0.5) is 4.39 Å². The van der Waals surface area contributed by atoms with Gasteiger partial charge in [-0.1, -0.05) is 48.9 Å². The number of rotatable bonds is 11. The Hall–Kier alpha value is -3.68. The molecular weight excluding hydrogens is 495 g/mol. The van der Waals surface area contributed by atoms with Crippen LogP contribution in [0.3, 0.4) is 0 Å². The predicted octanol–water partition coefficient (Wildman–Crippen LogP) is 6.38. The monoisotopic (exact) mass is 522 g/mol. The Morgan fingerprint density at radius 3 is 2.62 bits per heavy atom. The number of nitrogens with zero attached hydrogens (tertiary/aromatic N) is 2. The average Bonchev–Trinajstić information content (AvgIpc) is 3.30. The lowest BCUT2D eigenvalue weighted by atomic mass is 10.0. The summed E-state index contributed by atoms with van der Waals surface area (Å²) in [5, 5.41) is 24.8. The van der Waals surface area contributed by atoms with Gasteiger partial charge in [-0.15, -0.1) is 0 Å². The van der Waals surface area contributed by atoms with Crippen LogP contribution in [-0.2, 0) is 24.4 Å². The van der Waals surface area contributed by atoms with E-state index in [9.17, 15) is 14.3 Å². The topological polar surface area (TPSA) is 84.6 Å². The molecular formula is C29H28ClFN2O4. The van der Waals surface area contributed by atoms with Gasteiger partial charge in [-0.3, -0.25) is 9.48 Å². The quantitative estimate of drug-likeness (QED) is 0.239. The van der Waals surface area contributed by atoms with Crippen molar-refractivity contribution in [2.45, 2.75) is 45.4 Å². The van der Waals surface area contributed by atoms with Gasteiger partial charge in [-0.25, -0.2) is 4.39 Å². The number of aliphatic hydroxyl groups excluding tert-OH is 1. The summed E-state index contributed by atoms with van der Waals surface area (Å²) >= 11 is 6.11. The Labute approximate surface area is 219 Å². The van der Waals surface area contributed by atoms with Crippen molar-refractivity contribution >= 4 is 17.6 Å². The molecule has 0 fully saturated rings. The third-order valence-corrected chi connectivity index (χ3v) is 6.22. The fourth-order valence-electron chi connectivity index (χ4n) is 3.99. The number of aryl methyl sites for hydroxylation is 1. The van der Waals surface area contributed by atoms with Gasteiger partial charge in [0.1, 0.15) is 18.2 Å². The minimum absolute atomic E-state index is 0.00612. The highest BCUT2D eigenvalue weighted by Crippen LogP contribution is 2.34. The van der Waals surface area contributed by atoms with Crippen molar-refractivity contribution in [3.8, 4) is 28.3 Å². The van der Waals surface area contributed by atoms with Gasteiger partial charge >= 0.3 is 5.97 Å². The standard InChI is InChI=1S/C29H28ClFN2O4/c1-2-24(34)17-33-27(21-6-4-8-23(31)15-21)16-26(32-33)25-14-19(10-12-29(35)36)9-11-28(25)37-18-20-5-3-7-22(30)13-20/h3-9,11,13-16,24,34H,2,10,12,17-18H2,1H3,(H,35,36)/t24-/m1/s1. The van der Waals surface area contributed by atoms with Gasteiger partial charge < -0.3 is 14.9 Å². The smallest absolute Gasteiger partial charge is 0.303 e. The van der Waals surface area contributed by atoms with Gasteiger partial charge in [0.15, 0.2) is 0 Å². The maximum Gasteiger partial charge on any atom is 0.303 e. The van der Waals surface area contributed by atoms with Crippen LogP contribution in [0.2, 0.25) is 5.02 Å². The molecule has 0 spiro atoms. The molecule has 1 heterocycles. The van der Waals surface area contributed by atoms with Crippen LogP contribution in [0, 0.1) is 5.82 Å². The summed E-state index contributed by atoms with van der Waals surface area (Å²) in [6.45, 7) is 2.39. The van der Waals surface area contributed by atoms with E-state index in [1.165, 1.54) is 12.1 Å². The molecule has 4 aromatic rings. The molecule has 3 aromatic carbocycles. The maximum absolute atomic E-state index is 14.0. The highest BCUT2D eigenvalue weighted by molar-refractivity contribution is 6.30. The molecule has 192 valence electrons. The molecule has 6 nitrogen and oxygen atoms in total. The second-order valence-corrected chi connectivity index (χ2v) is 9.25. The Balaban J connectivity index is 1.76. The second-order valence-electron chi connectivity index (χ2n) is 8.81. The van der Waals surface area contributed by atoms with E-state index in [2.05, 4.69) is 0 Å². The number of benzene rings is 3. The van der Waals surface area contributed by atoms with Crippen molar-refractivity contribution in [1.29, 1.82) is 0 Å². The Kier molecular flexibility index (Phi) is 8.58. The largest absolute Gasteiger partial charge is 0.488 e. The van der Waals surface area contributed by atoms with Gasteiger partial charge in [0.25, 0.3) is 0 Å². The zero-order valence-corrected chi connectivity index (χ0v) is 21.2. The number of carbonyl (C=O) groups is 1. The number of carboxylic acids is 1. The maximum atomic E-state index is 14.0. The molecule has 0 amide bonds. The van der Waals surface area contributed by atoms with E-state index in [1.54, 1.807) is 28.9 Å². The third kappa shape index (κ3) is 6.96. The van der Waals surface area contributed by atoms with Crippen LogP contribution in [0.25, 0.3) is 22.5 Å². The van der Waals surface area contributed by atoms with E-state index < -0.39 is 12.1 Å². The summed E-state index contributed by atoms with van der Waals surface area (Å²) in [5.41, 5.74) is 4.24.